The van der Waals surface area contributed by atoms with Gasteiger partial charge in [0.2, 0.25) is 5.91 Å². The Morgan fingerprint density at radius 1 is 1.03 bits per heavy atom. The van der Waals surface area contributed by atoms with Gasteiger partial charge in [0.25, 0.3) is 0 Å². The number of carbonyl (C=O) groups is 1. The van der Waals surface area contributed by atoms with Crippen molar-refractivity contribution >= 4 is 36.4 Å². The molecule has 0 saturated carbocycles. The highest BCUT2D eigenvalue weighted by molar-refractivity contribution is 5.98. The van der Waals surface area contributed by atoms with Crippen molar-refractivity contribution < 1.29 is 4.79 Å². The predicted octanol–water partition coefficient (Wildman–Crippen LogP) is 3.94. The fraction of sp³-hybridized carbons (Fsp3) is 0.286. The minimum atomic E-state index is -1.11. The first-order valence-corrected chi connectivity index (χ1v) is 9.24. The minimum Gasteiger partial charge on any atom is -0.324 e. The molecule has 0 aliphatic carbocycles. The van der Waals surface area contributed by atoms with Crippen LogP contribution in [0.4, 0.5) is 5.69 Å². The molecule has 1 amide bonds. The largest absolute Gasteiger partial charge is 0.324 e. The van der Waals surface area contributed by atoms with Crippen molar-refractivity contribution in [3.8, 4) is 11.4 Å². The topological polar surface area (TPSA) is 85.8 Å². The van der Waals surface area contributed by atoms with E-state index in [1.807, 2.05) is 54.6 Å². The van der Waals surface area contributed by atoms with E-state index in [-0.39, 0.29) is 30.7 Å². The van der Waals surface area contributed by atoms with Crippen LogP contribution in [-0.4, -0.2) is 20.7 Å². The van der Waals surface area contributed by atoms with Gasteiger partial charge in [0, 0.05) is 24.2 Å². The molecule has 6 nitrogen and oxygen atoms in total. The number of nitrogens with zero attached hydrogens (tertiary/aromatic N) is 3. The molecule has 154 valence electrons. The van der Waals surface area contributed by atoms with Crippen molar-refractivity contribution in [3.05, 3.63) is 66.0 Å². The molecule has 1 aliphatic heterocycles. The Hall–Kier alpha value is -2.41. The maximum Gasteiger partial charge on any atom is 0.248 e. The van der Waals surface area contributed by atoms with Crippen LogP contribution in [0.2, 0.25) is 0 Å². The number of halogens is 2. The number of benzene rings is 2. The molecule has 0 radical (unpaired) electrons. The summed E-state index contributed by atoms with van der Waals surface area (Å²) >= 11 is 0. The van der Waals surface area contributed by atoms with Crippen molar-refractivity contribution in [2.45, 2.75) is 38.3 Å². The molecule has 8 heteroatoms. The highest BCUT2D eigenvalue weighted by Crippen LogP contribution is 2.25. The van der Waals surface area contributed by atoms with Gasteiger partial charge in [0.15, 0.2) is 5.82 Å². The number of fused-ring (bicyclic) bond motifs is 1. The zero-order valence-corrected chi connectivity index (χ0v) is 17.8. The molecule has 1 aromatic heterocycles. The van der Waals surface area contributed by atoms with Crippen molar-refractivity contribution in [1.82, 2.24) is 14.8 Å². The Kier molecular flexibility index (Phi) is 7.41. The molecule has 1 aliphatic rings. The van der Waals surface area contributed by atoms with Crippen LogP contribution in [0.1, 0.15) is 31.2 Å². The summed E-state index contributed by atoms with van der Waals surface area (Å²) in [6.07, 6.45) is 3.30. The van der Waals surface area contributed by atoms with Crippen LogP contribution >= 0.6 is 24.8 Å². The second kappa shape index (κ2) is 9.39. The lowest BCUT2D eigenvalue weighted by Crippen LogP contribution is -2.45. The number of hydrogen-bond acceptors (Lipinski definition) is 4. The molecule has 1 atom stereocenters. The third kappa shape index (κ3) is 4.61. The molecule has 2 heterocycles. The van der Waals surface area contributed by atoms with Gasteiger partial charge >= 0.3 is 0 Å². The number of anilines is 1. The molecular weight excluding hydrogens is 409 g/mol. The van der Waals surface area contributed by atoms with E-state index in [0.717, 1.165) is 42.2 Å². The number of nitrogens with two attached hydrogens (primary N) is 1. The van der Waals surface area contributed by atoms with Gasteiger partial charge in [0.05, 0.1) is 0 Å². The maximum absolute atomic E-state index is 12.7. The molecule has 3 aromatic rings. The predicted molar refractivity (Wildman–Crippen MR) is 120 cm³/mol. The van der Waals surface area contributed by atoms with Gasteiger partial charge in [-0.25, -0.2) is 0 Å². The van der Waals surface area contributed by atoms with E-state index in [4.69, 9.17) is 5.73 Å². The average molecular weight is 434 g/mol. The van der Waals surface area contributed by atoms with Gasteiger partial charge in [0.1, 0.15) is 11.4 Å². The van der Waals surface area contributed by atoms with Crippen molar-refractivity contribution in [1.29, 1.82) is 0 Å². The van der Waals surface area contributed by atoms with E-state index in [1.54, 1.807) is 6.92 Å². The SMILES string of the molecule is CC(N)(C(=O)Nc1ccc(-c2nnc3n2CCCC3)cc1)c1ccccc1.Cl.Cl. The molecule has 4 rings (SSSR count). The van der Waals surface area contributed by atoms with E-state index < -0.39 is 5.54 Å². The Morgan fingerprint density at radius 3 is 2.41 bits per heavy atom. The Balaban J connectivity index is 0.00000150. The lowest BCUT2D eigenvalue weighted by Gasteiger charge is -2.24. The molecule has 2 aromatic carbocycles. The normalized spacial score (nSPS) is 14.6. The summed E-state index contributed by atoms with van der Waals surface area (Å²) in [6.45, 7) is 2.67. The number of hydrogen-bond donors (Lipinski definition) is 2. The van der Waals surface area contributed by atoms with E-state index in [0.29, 0.717) is 5.69 Å². The van der Waals surface area contributed by atoms with Crippen molar-refractivity contribution in [2.75, 3.05) is 5.32 Å². The molecule has 1 unspecified atom stereocenters. The van der Waals surface area contributed by atoms with Crippen molar-refractivity contribution in [2.24, 2.45) is 5.73 Å². The molecular formula is C21H25Cl2N5O. The van der Waals surface area contributed by atoms with Gasteiger partial charge in [-0.1, -0.05) is 30.3 Å². The van der Waals surface area contributed by atoms with E-state index in [2.05, 4.69) is 20.1 Å². The summed E-state index contributed by atoms with van der Waals surface area (Å²) in [5, 5.41) is 11.5. The number of amides is 1. The standard InChI is InChI=1S/C21H23N5O.2ClH/c1-21(22,16-7-3-2-4-8-16)20(27)23-17-12-10-15(11-13-17)19-25-24-18-9-5-6-14-26(18)19;;/h2-4,7-8,10-13H,5-6,9,14,22H2,1H3,(H,23,27);2*1H. The second-order valence-corrected chi connectivity index (χ2v) is 7.15. The summed E-state index contributed by atoms with van der Waals surface area (Å²) in [4.78, 5) is 12.7. The summed E-state index contributed by atoms with van der Waals surface area (Å²) < 4.78 is 2.18. The summed E-state index contributed by atoms with van der Waals surface area (Å²) in [7, 11) is 0. The summed E-state index contributed by atoms with van der Waals surface area (Å²) in [6, 6.07) is 17.0. The molecule has 0 saturated heterocycles. The monoisotopic (exact) mass is 433 g/mol. The summed E-state index contributed by atoms with van der Waals surface area (Å²) in [5.74, 6) is 1.69. The first-order valence-electron chi connectivity index (χ1n) is 9.24. The van der Waals surface area contributed by atoms with Gasteiger partial charge in [-0.15, -0.1) is 35.0 Å². The third-order valence-electron chi connectivity index (χ3n) is 5.11. The van der Waals surface area contributed by atoms with Gasteiger partial charge in [-0.3, -0.25) is 4.79 Å². The van der Waals surface area contributed by atoms with Crippen LogP contribution in [0.15, 0.2) is 54.6 Å². The van der Waals surface area contributed by atoms with E-state index in [1.165, 1.54) is 6.42 Å². The highest BCUT2D eigenvalue weighted by Gasteiger charge is 2.30. The number of nitrogens with one attached hydrogen (secondary N) is 1. The number of aromatic nitrogens is 3. The minimum absolute atomic E-state index is 0. The Labute approximate surface area is 182 Å². The number of carbonyl (C=O) groups excluding carboxylic acids is 1. The molecule has 0 fully saturated rings. The smallest absolute Gasteiger partial charge is 0.248 e. The molecule has 0 spiro atoms. The third-order valence-corrected chi connectivity index (χ3v) is 5.11. The Bertz CT molecular complexity index is 955. The highest BCUT2D eigenvalue weighted by atomic mass is 35.5. The molecule has 0 bridgehead atoms. The van der Waals surface area contributed by atoms with Gasteiger partial charge < -0.3 is 15.6 Å². The molecule has 3 N–H and O–H groups in total. The van der Waals surface area contributed by atoms with Crippen LogP contribution < -0.4 is 11.1 Å². The van der Waals surface area contributed by atoms with Gasteiger partial charge in [-0.2, -0.15) is 0 Å². The fourth-order valence-electron chi connectivity index (χ4n) is 3.40. The first kappa shape index (κ1) is 22.9. The second-order valence-electron chi connectivity index (χ2n) is 7.15. The van der Waals surface area contributed by atoms with Crippen LogP contribution in [0, 0.1) is 0 Å². The maximum atomic E-state index is 12.7. The average Bonchev–Trinajstić information content (AvgIpc) is 3.13. The van der Waals surface area contributed by atoms with Crippen LogP contribution in [-0.2, 0) is 23.3 Å². The van der Waals surface area contributed by atoms with Crippen molar-refractivity contribution in [3.63, 3.8) is 0 Å². The Morgan fingerprint density at radius 2 is 1.72 bits per heavy atom. The lowest BCUT2D eigenvalue weighted by atomic mass is 9.92. The lowest BCUT2D eigenvalue weighted by molar-refractivity contribution is -0.120. The van der Waals surface area contributed by atoms with E-state index >= 15 is 0 Å². The van der Waals surface area contributed by atoms with Crippen LogP contribution in [0.3, 0.4) is 0 Å². The zero-order chi connectivity index (χ0) is 18.9. The van der Waals surface area contributed by atoms with E-state index in [9.17, 15) is 4.79 Å². The van der Waals surface area contributed by atoms with Gasteiger partial charge in [-0.05, 0) is 49.6 Å². The zero-order valence-electron chi connectivity index (χ0n) is 16.2. The number of rotatable bonds is 4. The molecule has 29 heavy (non-hydrogen) atoms. The number of aryl methyl sites for hydroxylation is 1. The fourth-order valence-corrected chi connectivity index (χ4v) is 3.40. The quantitative estimate of drug-likeness (QED) is 0.652. The summed E-state index contributed by atoms with van der Waals surface area (Å²) in [5.41, 5.74) is 7.64. The van der Waals surface area contributed by atoms with Crippen LogP contribution in [0.25, 0.3) is 11.4 Å². The van der Waals surface area contributed by atoms with Crippen LogP contribution in [0.5, 0.6) is 0 Å². The first-order chi connectivity index (χ1) is 13.1.